The number of hydrogen-bond acceptors (Lipinski definition) is 1. The number of nitrogens with one attached hydrogen (secondary N) is 1. The van der Waals surface area contributed by atoms with Crippen LogP contribution in [0.25, 0.3) is 0 Å². The average Bonchev–Trinajstić information content (AvgIpc) is 2.28. The van der Waals surface area contributed by atoms with Gasteiger partial charge in [-0.2, -0.15) is 0 Å². The van der Waals surface area contributed by atoms with Crippen LogP contribution in [0.4, 0.5) is 0 Å². The summed E-state index contributed by atoms with van der Waals surface area (Å²) in [5, 5.41) is 3.66. The fourth-order valence-electron chi connectivity index (χ4n) is 2.62. The van der Waals surface area contributed by atoms with Gasteiger partial charge in [-0.25, -0.2) is 0 Å². The van der Waals surface area contributed by atoms with E-state index in [9.17, 15) is 0 Å². The minimum absolute atomic E-state index is 0. The van der Waals surface area contributed by atoms with Crippen molar-refractivity contribution in [3.8, 4) is 0 Å². The minimum atomic E-state index is 0. The molecule has 0 aromatic carbocycles. The second-order valence-corrected chi connectivity index (χ2v) is 5.29. The van der Waals surface area contributed by atoms with Crippen LogP contribution in [0.5, 0.6) is 0 Å². The summed E-state index contributed by atoms with van der Waals surface area (Å²) in [5.74, 6) is 1.03. The second-order valence-electron chi connectivity index (χ2n) is 5.29. The SMILES string of the molecule is CCCCC(C)NCCC1CCCCC1.Cl. The predicted octanol–water partition coefficient (Wildman–Crippen LogP) is 4.55. The van der Waals surface area contributed by atoms with Crippen molar-refractivity contribution in [2.45, 2.75) is 77.7 Å². The Balaban J connectivity index is 0.00000225. The molecule has 1 N–H and O–H groups in total. The smallest absolute Gasteiger partial charge is 0.00387 e. The van der Waals surface area contributed by atoms with Gasteiger partial charge in [0, 0.05) is 6.04 Å². The molecule has 1 aliphatic carbocycles. The molecule has 0 bridgehead atoms. The third-order valence-corrected chi connectivity index (χ3v) is 3.76. The maximum Gasteiger partial charge on any atom is 0.00387 e. The van der Waals surface area contributed by atoms with E-state index in [4.69, 9.17) is 0 Å². The van der Waals surface area contributed by atoms with Crippen LogP contribution in [0, 0.1) is 5.92 Å². The summed E-state index contributed by atoms with van der Waals surface area (Å²) < 4.78 is 0. The Kier molecular flexibility index (Phi) is 10.6. The molecule has 1 aliphatic rings. The largest absolute Gasteiger partial charge is 0.314 e. The Hall–Kier alpha value is 0.250. The first-order valence-corrected chi connectivity index (χ1v) is 7.06. The van der Waals surface area contributed by atoms with E-state index in [1.807, 2.05) is 0 Å². The van der Waals surface area contributed by atoms with Gasteiger partial charge in [-0.15, -0.1) is 12.4 Å². The van der Waals surface area contributed by atoms with Gasteiger partial charge in [0.1, 0.15) is 0 Å². The first-order chi connectivity index (χ1) is 7.33. The molecule has 0 heterocycles. The first-order valence-electron chi connectivity index (χ1n) is 7.06. The van der Waals surface area contributed by atoms with Crippen molar-refractivity contribution in [2.24, 2.45) is 5.92 Å². The zero-order valence-corrected chi connectivity index (χ0v) is 12.0. The molecule has 16 heavy (non-hydrogen) atoms. The highest BCUT2D eigenvalue weighted by Crippen LogP contribution is 2.25. The molecule has 0 aromatic heterocycles. The third kappa shape index (κ3) is 7.51. The van der Waals surface area contributed by atoms with Crippen molar-refractivity contribution in [1.82, 2.24) is 5.32 Å². The maximum atomic E-state index is 3.66. The Morgan fingerprint density at radius 1 is 1.19 bits per heavy atom. The molecule has 98 valence electrons. The van der Waals surface area contributed by atoms with Gasteiger partial charge in [-0.1, -0.05) is 51.9 Å². The van der Waals surface area contributed by atoms with Crippen molar-refractivity contribution in [2.75, 3.05) is 6.54 Å². The van der Waals surface area contributed by atoms with Gasteiger partial charge in [0.05, 0.1) is 0 Å². The Morgan fingerprint density at radius 3 is 2.50 bits per heavy atom. The summed E-state index contributed by atoms with van der Waals surface area (Å²) in [5.41, 5.74) is 0. The van der Waals surface area contributed by atoms with E-state index in [1.54, 1.807) is 0 Å². The van der Waals surface area contributed by atoms with Crippen LogP contribution in [0.3, 0.4) is 0 Å². The lowest BCUT2D eigenvalue weighted by Crippen LogP contribution is -2.28. The summed E-state index contributed by atoms with van der Waals surface area (Å²) in [6.45, 7) is 5.85. The Bertz CT molecular complexity index is 144. The van der Waals surface area contributed by atoms with Crippen molar-refractivity contribution < 1.29 is 0 Å². The molecule has 1 nitrogen and oxygen atoms in total. The Morgan fingerprint density at radius 2 is 1.88 bits per heavy atom. The highest BCUT2D eigenvalue weighted by Gasteiger charge is 2.12. The quantitative estimate of drug-likeness (QED) is 0.696. The van der Waals surface area contributed by atoms with Crippen LogP contribution in [0.15, 0.2) is 0 Å². The zero-order valence-electron chi connectivity index (χ0n) is 11.1. The molecule has 1 unspecified atom stereocenters. The van der Waals surface area contributed by atoms with E-state index in [0.717, 1.165) is 12.0 Å². The van der Waals surface area contributed by atoms with Crippen LogP contribution >= 0.6 is 12.4 Å². The molecule has 1 saturated carbocycles. The lowest BCUT2D eigenvalue weighted by molar-refractivity contribution is 0.327. The first kappa shape index (κ1) is 16.2. The summed E-state index contributed by atoms with van der Waals surface area (Å²) >= 11 is 0. The number of halogens is 1. The normalized spacial score (nSPS) is 19.1. The van der Waals surface area contributed by atoms with Crippen LogP contribution in [-0.2, 0) is 0 Å². The van der Waals surface area contributed by atoms with Gasteiger partial charge in [-0.3, -0.25) is 0 Å². The van der Waals surface area contributed by atoms with E-state index in [0.29, 0.717) is 0 Å². The number of hydrogen-bond donors (Lipinski definition) is 1. The lowest BCUT2D eigenvalue weighted by Gasteiger charge is -2.22. The van der Waals surface area contributed by atoms with Gasteiger partial charge >= 0.3 is 0 Å². The average molecular weight is 248 g/mol. The Labute approximate surface area is 108 Å². The zero-order chi connectivity index (χ0) is 10.9. The van der Waals surface area contributed by atoms with Crippen LogP contribution in [0.2, 0.25) is 0 Å². The van der Waals surface area contributed by atoms with Crippen LogP contribution in [-0.4, -0.2) is 12.6 Å². The van der Waals surface area contributed by atoms with Gasteiger partial charge in [-0.05, 0) is 32.2 Å². The van der Waals surface area contributed by atoms with Crippen molar-refractivity contribution in [3.05, 3.63) is 0 Å². The molecule has 0 aliphatic heterocycles. The minimum Gasteiger partial charge on any atom is -0.314 e. The van der Waals surface area contributed by atoms with Crippen LogP contribution in [0.1, 0.15) is 71.6 Å². The fourth-order valence-corrected chi connectivity index (χ4v) is 2.62. The van der Waals surface area contributed by atoms with Crippen molar-refractivity contribution in [3.63, 3.8) is 0 Å². The van der Waals surface area contributed by atoms with Gasteiger partial charge in [0.15, 0.2) is 0 Å². The van der Waals surface area contributed by atoms with E-state index >= 15 is 0 Å². The topological polar surface area (TPSA) is 12.0 Å². The summed E-state index contributed by atoms with van der Waals surface area (Å²) in [6.07, 6.45) is 12.9. The van der Waals surface area contributed by atoms with Crippen molar-refractivity contribution >= 4 is 12.4 Å². The maximum absolute atomic E-state index is 3.66. The molecule has 0 aromatic rings. The van der Waals surface area contributed by atoms with Gasteiger partial charge in [0.25, 0.3) is 0 Å². The highest BCUT2D eigenvalue weighted by molar-refractivity contribution is 5.85. The van der Waals surface area contributed by atoms with E-state index in [2.05, 4.69) is 19.2 Å². The molecule has 0 radical (unpaired) electrons. The predicted molar refractivity (Wildman–Crippen MR) is 75.4 cm³/mol. The van der Waals surface area contributed by atoms with E-state index < -0.39 is 0 Å². The number of rotatable bonds is 7. The van der Waals surface area contributed by atoms with Gasteiger partial charge in [0.2, 0.25) is 0 Å². The standard InChI is InChI=1S/C14H29N.ClH/c1-3-4-8-13(2)15-12-11-14-9-6-5-7-10-14;/h13-15H,3-12H2,1-2H3;1H. The molecule has 2 heteroatoms. The van der Waals surface area contributed by atoms with Crippen molar-refractivity contribution in [1.29, 1.82) is 0 Å². The molecule has 1 fully saturated rings. The molecule has 0 amide bonds. The lowest BCUT2D eigenvalue weighted by atomic mass is 9.87. The second kappa shape index (κ2) is 10.4. The van der Waals surface area contributed by atoms with Gasteiger partial charge < -0.3 is 5.32 Å². The summed E-state index contributed by atoms with van der Waals surface area (Å²) in [4.78, 5) is 0. The number of unbranched alkanes of at least 4 members (excludes halogenated alkanes) is 1. The summed E-state index contributed by atoms with van der Waals surface area (Å²) in [6, 6.07) is 0.730. The monoisotopic (exact) mass is 247 g/mol. The molecule has 0 saturated heterocycles. The third-order valence-electron chi connectivity index (χ3n) is 3.76. The molecule has 0 spiro atoms. The molecule has 1 atom stereocenters. The van der Waals surface area contributed by atoms with E-state index in [1.165, 1.54) is 64.3 Å². The molecular formula is C14H30ClN. The van der Waals surface area contributed by atoms with E-state index in [-0.39, 0.29) is 12.4 Å². The molecular weight excluding hydrogens is 218 g/mol. The molecule has 1 rings (SSSR count). The highest BCUT2D eigenvalue weighted by atomic mass is 35.5. The fraction of sp³-hybridized carbons (Fsp3) is 1.00. The summed E-state index contributed by atoms with van der Waals surface area (Å²) in [7, 11) is 0. The van der Waals surface area contributed by atoms with Crippen LogP contribution < -0.4 is 5.32 Å².